The number of nitrogens with one attached hydrogen (secondary N) is 2. The molecule has 8 nitrogen and oxygen atoms in total. The SMILES string of the molecule is COc1ccc(N2CCN(S(=O)(=O)CCNC(=O)Nc3ccccc3Cl)CC2)cc1. The van der Waals surface area contributed by atoms with Gasteiger partial charge in [0, 0.05) is 38.4 Å². The highest BCUT2D eigenvalue weighted by atomic mass is 35.5. The van der Waals surface area contributed by atoms with Crippen molar-refractivity contribution in [3.05, 3.63) is 53.6 Å². The Bertz CT molecular complexity index is 961. The van der Waals surface area contributed by atoms with Gasteiger partial charge >= 0.3 is 6.03 Å². The van der Waals surface area contributed by atoms with Gasteiger partial charge in [-0.05, 0) is 36.4 Å². The van der Waals surface area contributed by atoms with Crippen LogP contribution in [-0.4, -0.2) is 64.3 Å². The minimum atomic E-state index is -3.46. The number of hydrogen-bond donors (Lipinski definition) is 2. The first-order valence-corrected chi connectivity index (χ1v) is 11.5. The maximum Gasteiger partial charge on any atom is 0.319 e. The summed E-state index contributed by atoms with van der Waals surface area (Å²) in [6.07, 6.45) is 0. The van der Waals surface area contributed by atoms with Crippen LogP contribution in [0.1, 0.15) is 0 Å². The van der Waals surface area contributed by atoms with Gasteiger partial charge in [-0.2, -0.15) is 4.31 Å². The van der Waals surface area contributed by atoms with Crippen molar-refractivity contribution in [2.75, 3.05) is 55.8 Å². The maximum atomic E-state index is 12.6. The zero-order chi connectivity index (χ0) is 21.6. The number of carbonyl (C=O) groups is 1. The van der Waals surface area contributed by atoms with Gasteiger partial charge in [0.2, 0.25) is 10.0 Å². The largest absolute Gasteiger partial charge is 0.497 e. The lowest BCUT2D eigenvalue weighted by molar-refractivity contribution is 0.252. The second-order valence-corrected chi connectivity index (χ2v) is 9.26. The average molecular weight is 453 g/mol. The van der Waals surface area contributed by atoms with Gasteiger partial charge in [0.1, 0.15) is 5.75 Å². The van der Waals surface area contributed by atoms with Crippen LogP contribution in [0.15, 0.2) is 48.5 Å². The van der Waals surface area contributed by atoms with E-state index in [-0.39, 0.29) is 12.3 Å². The predicted octanol–water partition coefficient (Wildman–Crippen LogP) is 2.62. The van der Waals surface area contributed by atoms with E-state index in [1.165, 1.54) is 4.31 Å². The van der Waals surface area contributed by atoms with E-state index in [2.05, 4.69) is 15.5 Å². The third kappa shape index (κ3) is 5.78. The van der Waals surface area contributed by atoms with Crippen LogP contribution in [0.5, 0.6) is 5.75 Å². The molecule has 0 saturated carbocycles. The molecular formula is C20H25ClN4O4S. The first-order chi connectivity index (χ1) is 14.4. The van der Waals surface area contributed by atoms with Gasteiger partial charge in [-0.3, -0.25) is 0 Å². The summed E-state index contributed by atoms with van der Waals surface area (Å²) in [6.45, 7) is 2.02. The molecule has 0 aliphatic carbocycles. The quantitative estimate of drug-likeness (QED) is 0.673. The second kappa shape index (κ2) is 10.0. The molecule has 162 valence electrons. The van der Waals surface area contributed by atoms with E-state index in [1.807, 2.05) is 24.3 Å². The van der Waals surface area contributed by atoms with Crippen molar-refractivity contribution in [1.29, 1.82) is 0 Å². The van der Waals surface area contributed by atoms with E-state index >= 15 is 0 Å². The average Bonchev–Trinajstić information content (AvgIpc) is 2.75. The summed E-state index contributed by atoms with van der Waals surface area (Å²) in [7, 11) is -1.84. The number of hydrogen-bond acceptors (Lipinski definition) is 5. The molecule has 1 aliphatic heterocycles. The summed E-state index contributed by atoms with van der Waals surface area (Å²) in [5, 5.41) is 5.58. The first-order valence-electron chi connectivity index (χ1n) is 9.55. The molecule has 1 fully saturated rings. The van der Waals surface area contributed by atoms with Gasteiger partial charge in [-0.25, -0.2) is 13.2 Å². The molecule has 3 rings (SSSR count). The van der Waals surface area contributed by atoms with Crippen molar-refractivity contribution < 1.29 is 17.9 Å². The standard InChI is InChI=1S/C20H25ClN4O4S/c1-29-17-8-6-16(7-9-17)24-11-13-25(14-12-24)30(27,28)15-10-22-20(26)23-19-5-3-2-4-18(19)21/h2-9H,10-15H2,1H3,(H2,22,23,26). The minimum absolute atomic E-state index is 0.0112. The van der Waals surface area contributed by atoms with Crippen LogP contribution in [0.4, 0.5) is 16.2 Å². The molecule has 2 N–H and O–H groups in total. The Kier molecular flexibility index (Phi) is 7.41. The number of methoxy groups -OCH3 is 1. The lowest BCUT2D eigenvalue weighted by Crippen LogP contribution is -2.50. The minimum Gasteiger partial charge on any atom is -0.497 e. The topological polar surface area (TPSA) is 91.0 Å². The van der Waals surface area contributed by atoms with E-state index in [4.69, 9.17) is 16.3 Å². The van der Waals surface area contributed by atoms with Crippen molar-refractivity contribution >= 4 is 39.0 Å². The monoisotopic (exact) mass is 452 g/mol. The number of benzene rings is 2. The molecule has 10 heteroatoms. The lowest BCUT2D eigenvalue weighted by Gasteiger charge is -2.35. The molecular weight excluding hydrogens is 428 g/mol. The number of anilines is 2. The van der Waals surface area contributed by atoms with Crippen LogP contribution >= 0.6 is 11.6 Å². The maximum absolute atomic E-state index is 12.6. The number of ether oxygens (including phenoxy) is 1. The summed E-state index contributed by atoms with van der Waals surface area (Å²) < 4.78 is 31.8. The van der Waals surface area contributed by atoms with Crippen LogP contribution < -0.4 is 20.3 Å². The van der Waals surface area contributed by atoms with E-state index in [0.29, 0.717) is 36.9 Å². The molecule has 0 aromatic heterocycles. The van der Waals surface area contributed by atoms with Crippen molar-refractivity contribution in [2.45, 2.75) is 0 Å². The molecule has 0 unspecified atom stereocenters. The molecule has 0 spiro atoms. The van der Waals surface area contributed by atoms with Gasteiger partial charge in [-0.1, -0.05) is 23.7 Å². The second-order valence-electron chi connectivity index (χ2n) is 6.76. The van der Waals surface area contributed by atoms with Crippen LogP contribution in [-0.2, 0) is 10.0 Å². The van der Waals surface area contributed by atoms with Gasteiger partial charge in [0.15, 0.2) is 0 Å². The Morgan fingerprint density at radius 2 is 1.73 bits per heavy atom. The van der Waals surface area contributed by atoms with Crippen molar-refractivity contribution in [2.24, 2.45) is 0 Å². The highest BCUT2D eigenvalue weighted by molar-refractivity contribution is 7.89. The number of nitrogens with zero attached hydrogens (tertiary/aromatic N) is 2. The Balaban J connectivity index is 1.44. The fourth-order valence-corrected chi connectivity index (χ4v) is 4.69. The summed E-state index contributed by atoms with van der Waals surface area (Å²) in [4.78, 5) is 14.1. The fraction of sp³-hybridized carbons (Fsp3) is 0.350. The van der Waals surface area contributed by atoms with E-state index in [1.54, 1.807) is 31.4 Å². The van der Waals surface area contributed by atoms with E-state index in [0.717, 1.165) is 11.4 Å². The van der Waals surface area contributed by atoms with Crippen LogP contribution in [0.25, 0.3) is 0 Å². The molecule has 0 bridgehead atoms. The number of sulfonamides is 1. The van der Waals surface area contributed by atoms with Gasteiger partial charge in [-0.15, -0.1) is 0 Å². The highest BCUT2D eigenvalue weighted by Crippen LogP contribution is 2.22. The van der Waals surface area contributed by atoms with Gasteiger partial charge < -0.3 is 20.3 Å². The third-order valence-electron chi connectivity index (χ3n) is 4.84. The molecule has 1 heterocycles. The molecule has 30 heavy (non-hydrogen) atoms. The number of carbonyl (C=O) groups excluding carboxylic acids is 1. The number of halogens is 1. The number of para-hydroxylation sites is 1. The van der Waals surface area contributed by atoms with E-state index < -0.39 is 16.1 Å². The molecule has 2 aromatic rings. The molecule has 0 radical (unpaired) electrons. The van der Waals surface area contributed by atoms with Crippen LogP contribution in [0.3, 0.4) is 0 Å². The zero-order valence-corrected chi connectivity index (χ0v) is 18.2. The molecule has 1 aliphatic rings. The highest BCUT2D eigenvalue weighted by Gasteiger charge is 2.26. The van der Waals surface area contributed by atoms with Gasteiger partial charge in [0.05, 0.1) is 23.6 Å². The summed E-state index contributed by atoms with van der Waals surface area (Å²) >= 11 is 5.99. The fourth-order valence-electron chi connectivity index (χ4n) is 3.17. The Morgan fingerprint density at radius 1 is 1.07 bits per heavy atom. The Morgan fingerprint density at radius 3 is 2.37 bits per heavy atom. The summed E-state index contributed by atoms with van der Waals surface area (Å²) in [5.74, 6) is 0.622. The van der Waals surface area contributed by atoms with Gasteiger partial charge in [0.25, 0.3) is 0 Å². The Hall–Kier alpha value is -2.49. The lowest BCUT2D eigenvalue weighted by atomic mass is 10.2. The molecule has 1 saturated heterocycles. The number of urea groups is 1. The number of amides is 2. The zero-order valence-electron chi connectivity index (χ0n) is 16.7. The van der Waals surface area contributed by atoms with Crippen LogP contribution in [0.2, 0.25) is 5.02 Å². The predicted molar refractivity (Wildman–Crippen MR) is 119 cm³/mol. The molecule has 0 atom stereocenters. The smallest absolute Gasteiger partial charge is 0.319 e. The first kappa shape index (κ1) is 22.2. The van der Waals surface area contributed by atoms with Crippen molar-refractivity contribution in [1.82, 2.24) is 9.62 Å². The summed E-state index contributed by atoms with van der Waals surface area (Å²) in [5.41, 5.74) is 1.50. The Labute approximate surface area is 181 Å². The number of piperazine rings is 1. The van der Waals surface area contributed by atoms with Crippen molar-refractivity contribution in [3.8, 4) is 5.75 Å². The molecule has 2 amide bonds. The van der Waals surface area contributed by atoms with Crippen LogP contribution in [0, 0.1) is 0 Å². The third-order valence-corrected chi connectivity index (χ3v) is 7.04. The number of rotatable bonds is 7. The molecule has 2 aromatic carbocycles. The van der Waals surface area contributed by atoms with Crippen molar-refractivity contribution in [3.63, 3.8) is 0 Å². The van der Waals surface area contributed by atoms with E-state index in [9.17, 15) is 13.2 Å². The summed E-state index contributed by atoms with van der Waals surface area (Å²) in [6, 6.07) is 14.0. The normalized spacial score (nSPS) is 14.9.